The molecule has 2 unspecified atom stereocenters. The summed E-state index contributed by atoms with van der Waals surface area (Å²) in [7, 11) is 0. The first-order valence-corrected chi connectivity index (χ1v) is 6.04. The van der Waals surface area contributed by atoms with E-state index in [2.05, 4.69) is 36.8 Å². The maximum Gasteiger partial charge on any atom is 0.244 e. The van der Waals surface area contributed by atoms with Crippen molar-refractivity contribution in [3.63, 3.8) is 0 Å². The summed E-state index contributed by atoms with van der Waals surface area (Å²) in [6, 6.07) is -0.418. The van der Waals surface area contributed by atoms with Crippen LogP contribution in [0.25, 0.3) is 0 Å². The number of terminal acetylenes is 1. The van der Waals surface area contributed by atoms with E-state index in [9.17, 15) is 0 Å². The summed E-state index contributed by atoms with van der Waals surface area (Å²) in [6.07, 6.45) is 5.35. The van der Waals surface area contributed by atoms with Crippen molar-refractivity contribution in [1.29, 1.82) is 0 Å². The molecule has 0 aromatic carbocycles. The molecule has 0 amide bonds. The van der Waals surface area contributed by atoms with E-state index in [-0.39, 0.29) is 11.5 Å². The van der Waals surface area contributed by atoms with Gasteiger partial charge in [-0.1, -0.05) is 25.9 Å². The van der Waals surface area contributed by atoms with Crippen LogP contribution in [0.4, 0.5) is 0 Å². The molecule has 5 heteroatoms. The Balaban J connectivity index is 2.92. The van der Waals surface area contributed by atoms with Crippen molar-refractivity contribution in [2.45, 2.75) is 46.3 Å². The van der Waals surface area contributed by atoms with E-state index in [1.165, 1.54) is 0 Å². The molecule has 18 heavy (non-hydrogen) atoms. The van der Waals surface area contributed by atoms with Crippen LogP contribution in [0, 0.1) is 17.8 Å². The molecule has 0 fully saturated rings. The van der Waals surface area contributed by atoms with E-state index in [1.54, 1.807) is 0 Å². The van der Waals surface area contributed by atoms with Crippen LogP contribution in [0.2, 0.25) is 0 Å². The van der Waals surface area contributed by atoms with Gasteiger partial charge >= 0.3 is 0 Å². The molecule has 0 aliphatic heterocycles. The maximum atomic E-state index is 5.82. The van der Waals surface area contributed by atoms with Gasteiger partial charge < -0.3 is 15.0 Å². The van der Waals surface area contributed by atoms with Crippen LogP contribution >= 0.6 is 0 Å². The van der Waals surface area contributed by atoms with E-state index < -0.39 is 6.04 Å². The Morgan fingerprint density at radius 2 is 2.17 bits per heavy atom. The molecule has 100 valence electrons. The van der Waals surface area contributed by atoms with E-state index in [0.717, 1.165) is 0 Å². The van der Waals surface area contributed by atoms with Gasteiger partial charge in [0.1, 0.15) is 6.10 Å². The first kappa shape index (κ1) is 14.7. The number of nitrogens with zero attached hydrogens (tertiary/aromatic N) is 2. The number of ether oxygens (including phenoxy) is 1. The molecule has 0 saturated carbocycles. The summed E-state index contributed by atoms with van der Waals surface area (Å²) in [6.45, 7) is 8.70. The Hall–Kier alpha value is -1.38. The summed E-state index contributed by atoms with van der Waals surface area (Å²) >= 11 is 0. The summed E-state index contributed by atoms with van der Waals surface area (Å²) < 4.78 is 10.8. The third-order valence-corrected chi connectivity index (χ3v) is 2.47. The highest BCUT2D eigenvalue weighted by Gasteiger charge is 2.31. The molecule has 1 aromatic heterocycles. The molecule has 2 atom stereocenters. The summed E-state index contributed by atoms with van der Waals surface area (Å²) in [5.74, 6) is 3.35. The maximum absolute atomic E-state index is 5.82. The number of rotatable bonds is 5. The fourth-order valence-electron chi connectivity index (χ4n) is 1.60. The molecule has 0 aliphatic carbocycles. The topological polar surface area (TPSA) is 74.2 Å². The lowest BCUT2D eigenvalue weighted by Gasteiger charge is -2.27. The zero-order valence-corrected chi connectivity index (χ0v) is 11.4. The summed E-state index contributed by atoms with van der Waals surface area (Å²) in [4.78, 5) is 4.29. The van der Waals surface area contributed by atoms with Crippen molar-refractivity contribution in [2.75, 3.05) is 6.61 Å². The fraction of sp³-hybridized carbons (Fsp3) is 0.692. The van der Waals surface area contributed by atoms with E-state index in [1.807, 2.05) is 6.92 Å². The van der Waals surface area contributed by atoms with Crippen molar-refractivity contribution >= 4 is 0 Å². The van der Waals surface area contributed by atoms with Gasteiger partial charge in [0.05, 0.1) is 6.04 Å². The average Bonchev–Trinajstić information content (AvgIpc) is 2.73. The second-order valence-electron chi connectivity index (χ2n) is 5.21. The lowest BCUT2D eigenvalue weighted by molar-refractivity contribution is -0.0203. The quantitative estimate of drug-likeness (QED) is 0.812. The molecule has 0 aliphatic rings. The highest BCUT2D eigenvalue weighted by Crippen LogP contribution is 2.34. The van der Waals surface area contributed by atoms with Gasteiger partial charge in [-0.05, 0) is 12.3 Å². The molecular formula is C13H21N3O2. The lowest BCUT2D eigenvalue weighted by atomic mass is 9.88. The van der Waals surface area contributed by atoms with Crippen LogP contribution in [-0.4, -0.2) is 16.7 Å². The SMILES string of the molecule is C#CCC(N)c1nc(C(OCC)C(C)(C)C)no1. The number of nitrogens with two attached hydrogens (primary N) is 1. The highest BCUT2D eigenvalue weighted by atomic mass is 16.5. The molecule has 1 rings (SSSR count). The molecule has 0 radical (unpaired) electrons. The Kier molecular flexibility index (Phi) is 4.88. The van der Waals surface area contributed by atoms with Crippen LogP contribution in [0.1, 0.15) is 58.0 Å². The zero-order chi connectivity index (χ0) is 13.8. The normalized spacial score (nSPS) is 15.1. The van der Waals surface area contributed by atoms with Gasteiger partial charge in [-0.3, -0.25) is 0 Å². The Bertz CT molecular complexity index is 415. The minimum absolute atomic E-state index is 0.118. The molecule has 5 nitrogen and oxygen atoms in total. The van der Waals surface area contributed by atoms with Gasteiger partial charge in [-0.15, -0.1) is 12.3 Å². The number of aromatic nitrogens is 2. The molecule has 1 heterocycles. The van der Waals surface area contributed by atoms with Crippen LogP contribution in [0.5, 0.6) is 0 Å². The third kappa shape index (κ3) is 3.56. The van der Waals surface area contributed by atoms with E-state index in [0.29, 0.717) is 24.7 Å². The summed E-state index contributed by atoms with van der Waals surface area (Å²) in [5.41, 5.74) is 5.70. The van der Waals surface area contributed by atoms with Gasteiger partial charge in [-0.2, -0.15) is 4.98 Å². The standard InChI is InChI=1S/C13H21N3O2/c1-6-8-9(14)12-15-11(16-18-12)10(17-7-2)13(3,4)5/h1,9-10H,7-8,14H2,2-5H3. The predicted octanol–water partition coefficient (Wildman–Crippen LogP) is 2.22. The van der Waals surface area contributed by atoms with Crippen LogP contribution < -0.4 is 5.73 Å². The van der Waals surface area contributed by atoms with Crippen molar-refractivity contribution < 1.29 is 9.26 Å². The molecule has 0 saturated heterocycles. The molecular weight excluding hydrogens is 230 g/mol. The monoisotopic (exact) mass is 251 g/mol. The minimum atomic E-state index is -0.418. The Morgan fingerprint density at radius 3 is 2.67 bits per heavy atom. The Morgan fingerprint density at radius 1 is 1.50 bits per heavy atom. The first-order valence-electron chi connectivity index (χ1n) is 6.04. The van der Waals surface area contributed by atoms with Gasteiger partial charge in [0.25, 0.3) is 0 Å². The van der Waals surface area contributed by atoms with Gasteiger partial charge in [0.2, 0.25) is 11.7 Å². The fourth-order valence-corrected chi connectivity index (χ4v) is 1.60. The molecule has 0 bridgehead atoms. The smallest absolute Gasteiger partial charge is 0.244 e. The Labute approximate surface area is 108 Å². The van der Waals surface area contributed by atoms with Crippen molar-refractivity contribution in [2.24, 2.45) is 11.1 Å². The van der Waals surface area contributed by atoms with Crippen molar-refractivity contribution in [3.8, 4) is 12.3 Å². The van der Waals surface area contributed by atoms with Crippen molar-refractivity contribution in [3.05, 3.63) is 11.7 Å². The second kappa shape index (κ2) is 5.98. The van der Waals surface area contributed by atoms with Gasteiger partial charge in [-0.25, -0.2) is 0 Å². The zero-order valence-electron chi connectivity index (χ0n) is 11.4. The molecule has 2 N–H and O–H groups in total. The van der Waals surface area contributed by atoms with Gasteiger partial charge in [0, 0.05) is 13.0 Å². The van der Waals surface area contributed by atoms with Crippen molar-refractivity contribution in [1.82, 2.24) is 10.1 Å². The second-order valence-corrected chi connectivity index (χ2v) is 5.21. The predicted molar refractivity (Wildman–Crippen MR) is 68.5 cm³/mol. The number of hydrogen-bond donors (Lipinski definition) is 1. The minimum Gasteiger partial charge on any atom is -0.370 e. The highest BCUT2D eigenvalue weighted by molar-refractivity contribution is 5.01. The molecule has 1 aromatic rings. The first-order chi connectivity index (χ1) is 8.40. The molecule has 0 spiro atoms. The van der Waals surface area contributed by atoms with Crippen LogP contribution in [-0.2, 0) is 4.74 Å². The van der Waals surface area contributed by atoms with Gasteiger partial charge in [0.15, 0.2) is 0 Å². The van der Waals surface area contributed by atoms with Crippen LogP contribution in [0.15, 0.2) is 4.52 Å². The lowest BCUT2D eigenvalue weighted by Crippen LogP contribution is -2.22. The average molecular weight is 251 g/mol. The largest absolute Gasteiger partial charge is 0.370 e. The number of hydrogen-bond acceptors (Lipinski definition) is 5. The van der Waals surface area contributed by atoms with E-state index in [4.69, 9.17) is 21.4 Å². The third-order valence-electron chi connectivity index (χ3n) is 2.47. The van der Waals surface area contributed by atoms with E-state index >= 15 is 0 Å². The van der Waals surface area contributed by atoms with Crippen LogP contribution in [0.3, 0.4) is 0 Å². The summed E-state index contributed by atoms with van der Waals surface area (Å²) in [5, 5.41) is 3.95.